The minimum Gasteiger partial charge on any atom is -0.349 e. The van der Waals surface area contributed by atoms with Gasteiger partial charge in [0.2, 0.25) is 0 Å². The molecule has 106 valence electrons. The average molecular weight is 288 g/mol. The molecule has 1 N–H and O–H groups in total. The van der Waals surface area contributed by atoms with Crippen LogP contribution >= 0.6 is 11.3 Å². The number of nitrogens with zero attached hydrogens (tertiary/aromatic N) is 1. The molecular formula is C16H20N2OS. The summed E-state index contributed by atoms with van der Waals surface area (Å²) < 4.78 is 1.08. The van der Waals surface area contributed by atoms with Crippen molar-refractivity contribution in [2.75, 3.05) is 0 Å². The predicted molar refractivity (Wildman–Crippen MR) is 83.2 cm³/mol. The first-order chi connectivity index (χ1) is 9.83. The smallest absolute Gasteiger partial charge is 0.251 e. The van der Waals surface area contributed by atoms with Crippen molar-refractivity contribution in [2.45, 2.75) is 51.0 Å². The normalized spacial score (nSPS) is 17.6. The molecule has 1 heterocycles. The Morgan fingerprint density at radius 1 is 1.15 bits per heavy atom. The number of hydrogen-bond donors (Lipinski definition) is 1. The van der Waals surface area contributed by atoms with Gasteiger partial charge in [0.25, 0.3) is 5.91 Å². The van der Waals surface area contributed by atoms with Crippen LogP contribution in [0.2, 0.25) is 0 Å². The molecule has 1 aromatic carbocycles. The van der Waals surface area contributed by atoms with E-state index in [1.807, 2.05) is 23.7 Å². The van der Waals surface area contributed by atoms with Crippen LogP contribution in [-0.4, -0.2) is 16.9 Å². The third-order valence-corrected chi connectivity index (χ3v) is 4.83. The van der Waals surface area contributed by atoms with Gasteiger partial charge in [0, 0.05) is 11.6 Å². The molecule has 1 aromatic heterocycles. The summed E-state index contributed by atoms with van der Waals surface area (Å²) in [5.74, 6) is 0.0610. The first-order valence-electron chi connectivity index (χ1n) is 7.47. The van der Waals surface area contributed by atoms with Gasteiger partial charge in [-0.25, -0.2) is 4.98 Å². The van der Waals surface area contributed by atoms with Crippen molar-refractivity contribution in [2.24, 2.45) is 0 Å². The van der Waals surface area contributed by atoms with Gasteiger partial charge in [-0.15, -0.1) is 11.3 Å². The van der Waals surface area contributed by atoms with Gasteiger partial charge in [-0.05, 0) is 31.0 Å². The van der Waals surface area contributed by atoms with E-state index in [0.717, 1.165) is 28.6 Å². The molecule has 0 saturated heterocycles. The second kappa shape index (κ2) is 6.35. The molecule has 1 amide bonds. The Bertz CT molecular complexity index is 585. The second-order valence-electron chi connectivity index (χ2n) is 5.55. The molecule has 4 heteroatoms. The predicted octanol–water partition coefficient (Wildman–Crippen LogP) is 4.14. The third-order valence-electron chi connectivity index (χ3n) is 4.03. The van der Waals surface area contributed by atoms with Gasteiger partial charge in [-0.2, -0.15) is 0 Å². The number of hydrogen-bond acceptors (Lipinski definition) is 3. The molecule has 0 radical (unpaired) electrons. The van der Waals surface area contributed by atoms with Gasteiger partial charge in [-0.3, -0.25) is 4.79 Å². The summed E-state index contributed by atoms with van der Waals surface area (Å²) in [5, 5.41) is 3.21. The number of carbonyl (C=O) groups excluding carboxylic acids is 1. The Morgan fingerprint density at radius 2 is 1.90 bits per heavy atom. The van der Waals surface area contributed by atoms with Crippen LogP contribution in [0.5, 0.6) is 0 Å². The Labute approximate surface area is 123 Å². The van der Waals surface area contributed by atoms with Crippen LogP contribution in [0.25, 0.3) is 10.2 Å². The van der Waals surface area contributed by atoms with Crippen molar-refractivity contribution in [1.29, 1.82) is 0 Å². The largest absolute Gasteiger partial charge is 0.349 e. The van der Waals surface area contributed by atoms with Crippen molar-refractivity contribution in [1.82, 2.24) is 10.3 Å². The molecule has 1 fully saturated rings. The monoisotopic (exact) mass is 288 g/mol. The second-order valence-corrected chi connectivity index (χ2v) is 6.44. The van der Waals surface area contributed by atoms with Gasteiger partial charge in [0.15, 0.2) is 0 Å². The lowest BCUT2D eigenvalue weighted by molar-refractivity contribution is 0.0930. The van der Waals surface area contributed by atoms with E-state index in [-0.39, 0.29) is 5.91 Å². The highest BCUT2D eigenvalue weighted by molar-refractivity contribution is 7.16. The molecule has 0 atom stereocenters. The zero-order chi connectivity index (χ0) is 13.8. The van der Waals surface area contributed by atoms with E-state index < -0.39 is 0 Å². The zero-order valence-electron chi connectivity index (χ0n) is 11.6. The third kappa shape index (κ3) is 3.18. The van der Waals surface area contributed by atoms with E-state index in [1.165, 1.54) is 32.1 Å². The van der Waals surface area contributed by atoms with Crippen molar-refractivity contribution in [3.05, 3.63) is 29.3 Å². The van der Waals surface area contributed by atoms with Crippen LogP contribution in [-0.2, 0) is 0 Å². The number of rotatable bonds is 2. The first-order valence-corrected chi connectivity index (χ1v) is 8.35. The quantitative estimate of drug-likeness (QED) is 0.902. The molecule has 3 nitrogen and oxygen atoms in total. The van der Waals surface area contributed by atoms with E-state index >= 15 is 0 Å². The molecule has 0 spiro atoms. The first kappa shape index (κ1) is 13.6. The van der Waals surface area contributed by atoms with E-state index in [1.54, 1.807) is 11.3 Å². The lowest BCUT2D eigenvalue weighted by atomic mass is 9.96. The lowest BCUT2D eigenvalue weighted by Crippen LogP contribution is -2.35. The van der Waals surface area contributed by atoms with Gasteiger partial charge in [-0.1, -0.05) is 32.1 Å². The maximum absolute atomic E-state index is 12.3. The van der Waals surface area contributed by atoms with Gasteiger partial charge in [0.1, 0.15) is 0 Å². The molecule has 0 bridgehead atoms. The van der Waals surface area contributed by atoms with Crippen LogP contribution in [0, 0.1) is 0 Å². The number of fused-ring (bicyclic) bond motifs is 1. The summed E-state index contributed by atoms with van der Waals surface area (Å²) in [5.41, 5.74) is 3.54. The highest BCUT2D eigenvalue weighted by atomic mass is 32.1. The van der Waals surface area contributed by atoms with Crippen LogP contribution in [0.1, 0.15) is 55.3 Å². The van der Waals surface area contributed by atoms with Crippen molar-refractivity contribution >= 4 is 27.5 Å². The van der Waals surface area contributed by atoms with Crippen LogP contribution in [0.4, 0.5) is 0 Å². The zero-order valence-corrected chi connectivity index (χ0v) is 12.4. The summed E-state index contributed by atoms with van der Waals surface area (Å²) in [6.07, 6.45) is 8.67. The van der Waals surface area contributed by atoms with Gasteiger partial charge >= 0.3 is 0 Å². The molecule has 1 aliphatic carbocycles. The maximum atomic E-state index is 12.3. The molecule has 20 heavy (non-hydrogen) atoms. The standard InChI is InChI=1S/C16H20N2OS/c19-16(18-13-6-4-2-1-3-5-7-13)12-8-9-14-15(10-12)20-11-17-14/h8-11,13H,1-7H2,(H,18,19). The average Bonchev–Trinajstić information content (AvgIpc) is 2.88. The number of carbonyl (C=O) groups is 1. The lowest BCUT2D eigenvalue weighted by Gasteiger charge is -2.21. The van der Waals surface area contributed by atoms with E-state index in [2.05, 4.69) is 10.3 Å². The van der Waals surface area contributed by atoms with Crippen LogP contribution in [0.15, 0.2) is 23.7 Å². The highest BCUT2D eigenvalue weighted by Gasteiger charge is 2.15. The summed E-state index contributed by atoms with van der Waals surface area (Å²) >= 11 is 1.58. The minimum absolute atomic E-state index is 0.0610. The fourth-order valence-electron chi connectivity index (χ4n) is 2.87. The van der Waals surface area contributed by atoms with Gasteiger partial charge in [0.05, 0.1) is 15.7 Å². The van der Waals surface area contributed by atoms with Gasteiger partial charge < -0.3 is 5.32 Å². The summed E-state index contributed by atoms with van der Waals surface area (Å²) in [7, 11) is 0. The Kier molecular flexibility index (Phi) is 4.31. The van der Waals surface area contributed by atoms with E-state index in [9.17, 15) is 4.79 Å². The molecule has 1 saturated carbocycles. The number of nitrogens with one attached hydrogen (secondary N) is 1. The Hall–Kier alpha value is -1.42. The van der Waals surface area contributed by atoms with E-state index in [4.69, 9.17) is 0 Å². The summed E-state index contributed by atoms with van der Waals surface area (Å²) in [4.78, 5) is 16.6. The van der Waals surface area contributed by atoms with Crippen molar-refractivity contribution in [3.63, 3.8) is 0 Å². The van der Waals surface area contributed by atoms with Crippen molar-refractivity contribution < 1.29 is 4.79 Å². The van der Waals surface area contributed by atoms with Crippen LogP contribution < -0.4 is 5.32 Å². The summed E-state index contributed by atoms with van der Waals surface area (Å²) in [6, 6.07) is 6.10. The minimum atomic E-state index is 0.0610. The molecule has 1 aliphatic rings. The molecule has 2 aromatic rings. The number of benzene rings is 1. The highest BCUT2D eigenvalue weighted by Crippen LogP contribution is 2.20. The fourth-order valence-corrected chi connectivity index (χ4v) is 3.58. The number of amides is 1. The Morgan fingerprint density at radius 3 is 2.70 bits per heavy atom. The topological polar surface area (TPSA) is 42.0 Å². The molecule has 0 unspecified atom stereocenters. The maximum Gasteiger partial charge on any atom is 0.251 e. The van der Waals surface area contributed by atoms with Crippen molar-refractivity contribution in [3.8, 4) is 0 Å². The molecule has 3 rings (SSSR count). The number of thiazole rings is 1. The number of aromatic nitrogens is 1. The fraction of sp³-hybridized carbons (Fsp3) is 0.500. The molecule has 0 aliphatic heterocycles. The van der Waals surface area contributed by atoms with Crippen LogP contribution in [0.3, 0.4) is 0 Å². The molecular weight excluding hydrogens is 268 g/mol. The SMILES string of the molecule is O=C(NC1CCCCCCC1)c1ccc2ncsc2c1. The summed E-state index contributed by atoms with van der Waals surface area (Å²) in [6.45, 7) is 0. The van der Waals surface area contributed by atoms with E-state index in [0.29, 0.717) is 6.04 Å². The Balaban J connectivity index is 1.67.